The largest absolute Gasteiger partial charge is 0.378 e. The van der Waals surface area contributed by atoms with Gasteiger partial charge in [0, 0.05) is 6.54 Å². The lowest BCUT2D eigenvalue weighted by Crippen LogP contribution is -2.08. The van der Waals surface area contributed by atoms with E-state index in [1.165, 1.54) is 6.07 Å². The fraction of sp³-hybridized carbons (Fsp3) is 0.444. The molecule has 0 amide bonds. The Hall–Kier alpha value is -1.61. The van der Waals surface area contributed by atoms with Crippen molar-refractivity contribution in [2.24, 2.45) is 5.92 Å². The molecule has 0 fully saturated rings. The number of nitrogens with one attached hydrogen (secondary N) is 1. The van der Waals surface area contributed by atoms with Gasteiger partial charge >= 0.3 is 5.00 Å². The number of anilines is 1. The number of rotatable bonds is 4. The Labute approximate surface area is 91.5 Å². The first kappa shape index (κ1) is 11.5. The molecule has 0 saturated heterocycles. The summed E-state index contributed by atoms with van der Waals surface area (Å²) in [6, 6.07) is 3.42. The van der Waals surface area contributed by atoms with Crippen LogP contribution in [0.4, 0.5) is 10.7 Å². The predicted octanol–water partition coefficient (Wildman–Crippen LogP) is 2.60. The van der Waals surface area contributed by atoms with E-state index in [2.05, 4.69) is 5.32 Å². The van der Waals surface area contributed by atoms with Crippen molar-refractivity contribution < 1.29 is 4.92 Å². The molecule has 0 spiro atoms. The summed E-state index contributed by atoms with van der Waals surface area (Å²) in [7, 11) is 0. The van der Waals surface area contributed by atoms with E-state index in [1.54, 1.807) is 0 Å². The van der Waals surface area contributed by atoms with Gasteiger partial charge in [0.15, 0.2) is 0 Å². The second-order valence-electron chi connectivity index (χ2n) is 3.47. The predicted molar refractivity (Wildman–Crippen MR) is 59.0 cm³/mol. The van der Waals surface area contributed by atoms with E-state index in [1.807, 2.05) is 19.9 Å². The minimum atomic E-state index is -0.464. The van der Waals surface area contributed by atoms with Gasteiger partial charge in [-0.15, -0.1) is 0 Å². The van der Waals surface area contributed by atoms with Gasteiger partial charge in [-0.05, 0) is 23.3 Å². The monoisotopic (exact) mass is 225 g/mol. The second-order valence-corrected chi connectivity index (χ2v) is 4.50. The fourth-order valence-corrected chi connectivity index (χ4v) is 1.76. The third-order valence-electron chi connectivity index (χ3n) is 1.69. The average molecular weight is 225 g/mol. The maximum absolute atomic E-state index is 10.7. The van der Waals surface area contributed by atoms with Gasteiger partial charge in [-0.3, -0.25) is 10.1 Å². The highest BCUT2D eigenvalue weighted by Gasteiger charge is 2.18. The first-order valence-electron chi connectivity index (χ1n) is 4.46. The Morgan fingerprint density at radius 3 is 2.87 bits per heavy atom. The van der Waals surface area contributed by atoms with E-state index < -0.39 is 4.92 Å². The van der Waals surface area contributed by atoms with Crippen molar-refractivity contribution >= 4 is 22.0 Å². The summed E-state index contributed by atoms with van der Waals surface area (Å²) in [6.45, 7) is 4.68. The lowest BCUT2D eigenvalue weighted by atomic mass is 10.2. The maximum atomic E-state index is 10.7. The molecule has 1 aromatic rings. The maximum Gasteiger partial charge on any atom is 0.348 e. The summed E-state index contributed by atoms with van der Waals surface area (Å²) >= 11 is 0.897. The van der Waals surface area contributed by atoms with Gasteiger partial charge in [-0.2, -0.15) is 5.26 Å². The minimum absolute atomic E-state index is 0.00667. The number of hydrogen-bond donors (Lipinski definition) is 1. The van der Waals surface area contributed by atoms with E-state index >= 15 is 0 Å². The molecule has 0 atom stereocenters. The molecule has 0 saturated carbocycles. The van der Waals surface area contributed by atoms with Crippen molar-refractivity contribution in [1.82, 2.24) is 0 Å². The molecule has 1 aromatic heterocycles. The smallest absolute Gasteiger partial charge is 0.348 e. The van der Waals surface area contributed by atoms with Crippen molar-refractivity contribution in [3.63, 3.8) is 0 Å². The zero-order chi connectivity index (χ0) is 11.4. The van der Waals surface area contributed by atoms with Crippen molar-refractivity contribution in [3.05, 3.63) is 21.1 Å². The average Bonchev–Trinajstić information content (AvgIpc) is 2.57. The minimum Gasteiger partial charge on any atom is -0.378 e. The van der Waals surface area contributed by atoms with Crippen molar-refractivity contribution in [3.8, 4) is 6.07 Å². The highest BCUT2D eigenvalue weighted by atomic mass is 32.1. The third kappa shape index (κ3) is 2.92. The van der Waals surface area contributed by atoms with E-state index in [-0.39, 0.29) is 5.00 Å². The molecule has 0 aliphatic carbocycles. The summed E-state index contributed by atoms with van der Waals surface area (Å²) in [5.74, 6) is 0.398. The first-order chi connectivity index (χ1) is 7.04. The van der Waals surface area contributed by atoms with Crippen molar-refractivity contribution in [2.75, 3.05) is 11.9 Å². The molecule has 5 nitrogen and oxygen atoms in total. The number of nitrogens with zero attached hydrogens (tertiary/aromatic N) is 2. The van der Waals surface area contributed by atoms with Crippen LogP contribution in [-0.4, -0.2) is 11.5 Å². The molecule has 0 aliphatic rings. The number of nitriles is 1. The Balaban J connectivity index is 2.90. The molecule has 1 N–H and O–H groups in total. The van der Waals surface area contributed by atoms with Crippen LogP contribution in [0.5, 0.6) is 0 Å². The molecule has 15 heavy (non-hydrogen) atoms. The SMILES string of the molecule is CC(C)CNc1cc(C#N)sc1[N+](=O)[O-]. The van der Waals surface area contributed by atoms with E-state index in [4.69, 9.17) is 5.26 Å². The van der Waals surface area contributed by atoms with Gasteiger partial charge < -0.3 is 5.32 Å². The molecule has 0 unspecified atom stereocenters. The second kappa shape index (κ2) is 4.75. The number of nitro groups is 1. The summed E-state index contributed by atoms with van der Waals surface area (Å²) in [4.78, 5) is 10.6. The quantitative estimate of drug-likeness (QED) is 0.631. The normalized spacial score (nSPS) is 10.0. The van der Waals surface area contributed by atoms with Gasteiger partial charge in [-0.25, -0.2) is 0 Å². The molecule has 80 valence electrons. The van der Waals surface area contributed by atoms with Gasteiger partial charge in [0.2, 0.25) is 0 Å². The number of thiophene rings is 1. The Morgan fingerprint density at radius 2 is 2.40 bits per heavy atom. The Kier molecular flexibility index (Phi) is 3.63. The standard InChI is InChI=1S/C9H11N3O2S/c1-6(2)5-11-8-3-7(4-10)15-9(8)12(13)14/h3,6,11H,5H2,1-2H3. The molecule has 0 aliphatic heterocycles. The van der Waals surface area contributed by atoms with Crippen molar-refractivity contribution in [2.45, 2.75) is 13.8 Å². The summed E-state index contributed by atoms with van der Waals surface area (Å²) in [6.07, 6.45) is 0. The molecule has 6 heteroatoms. The molecule has 1 rings (SSSR count). The van der Waals surface area contributed by atoms with Crippen LogP contribution in [0.15, 0.2) is 6.07 Å². The van der Waals surface area contributed by atoms with Crippen LogP contribution >= 0.6 is 11.3 Å². The van der Waals surface area contributed by atoms with Crippen LogP contribution in [0.3, 0.4) is 0 Å². The molecular formula is C9H11N3O2S. The third-order valence-corrected chi connectivity index (χ3v) is 2.68. The molecule has 0 aromatic carbocycles. The summed E-state index contributed by atoms with van der Waals surface area (Å²) in [5.41, 5.74) is 0.440. The van der Waals surface area contributed by atoms with E-state index in [0.29, 0.717) is 23.0 Å². The zero-order valence-corrected chi connectivity index (χ0v) is 9.30. The molecule has 0 bridgehead atoms. The van der Waals surface area contributed by atoms with Gasteiger partial charge in [0.25, 0.3) is 0 Å². The van der Waals surface area contributed by atoms with Crippen LogP contribution in [0.1, 0.15) is 18.7 Å². The summed E-state index contributed by atoms with van der Waals surface area (Å²) < 4.78 is 0. The highest BCUT2D eigenvalue weighted by Crippen LogP contribution is 2.34. The van der Waals surface area contributed by atoms with E-state index in [9.17, 15) is 10.1 Å². The molecule has 1 heterocycles. The van der Waals surface area contributed by atoms with Crippen LogP contribution in [0, 0.1) is 27.4 Å². The van der Waals surface area contributed by atoms with Crippen LogP contribution in [-0.2, 0) is 0 Å². The fourth-order valence-electron chi connectivity index (χ4n) is 1.01. The Morgan fingerprint density at radius 1 is 1.73 bits per heavy atom. The lowest BCUT2D eigenvalue weighted by Gasteiger charge is -2.05. The first-order valence-corrected chi connectivity index (χ1v) is 5.28. The van der Waals surface area contributed by atoms with Crippen LogP contribution in [0.2, 0.25) is 0 Å². The van der Waals surface area contributed by atoms with Gasteiger partial charge in [-0.1, -0.05) is 13.8 Å². The molecule has 0 radical (unpaired) electrons. The van der Waals surface area contributed by atoms with Crippen LogP contribution in [0.25, 0.3) is 0 Å². The topological polar surface area (TPSA) is 79.0 Å². The van der Waals surface area contributed by atoms with Crippen LogP contribution < -0.4 is 5.32 Å². The highest BCUT2D eigenvalue weighted by molar-refractivity contribution is 7.16. The molecular weight excluding hydrogens is 214 g/mol. The number of hydrogen-bond acceptors (Lipinski definition) is 5. The lowest BCUT2D eigenvalue weighted by molar-refractivity contribution is -0.379. The zero-order valence-electron chi connectivity index (χ0n) is 8.48. The Bertz CT molecular complexity index is 406. The van der Waals surface area contributed by atoms with Crippen molar-refractivity contribution in [1.29, 1.82) is 5.26 Å². The summed E-state index contributed by atoms with van der Waals surface area (Å²) in [5, 5.41) is 22.3. The van der Waals surface area contributed by atoms with E-state index in [0.717, 1.165) is 11.3 Å². The van der Waals surface area contributed by atoms with Gasteiger partial charge in [0.1, 0.15) is 16.6 Å². The van der Waals surface area contributed by atoms with Gasteiger partial charge in [0.05, 0.1) is 4.92 Å².